The van der Waals surface area contributed by atoms with Crippen LogP contribution in [0.3, 0.4) is 0 Å². The third kappa shape index (κ3) is 4.44. The van der Waals surface area contributed by atoms with Gasteiger partial charge in [-0.3, -0.25) is 4.79 Å². The Morgan fingerprint density at radius 2 is 1.92 bits per heavy atom. The summed E-state index contributed by atoms with van der Waals surface area (Å²) in [7, 11) is 1.60. The normalized spacial score (nSPS) is 29.9. The summed E-state index contributed by atoms with van der Waals surface area (Å²) in [5.41, 5.74) is 2.37. The van der Waals surface area contributed by atoms with Crippen LogP contribution in [0, 0.1) is 17.7 Å². The van der Waals surface area contributed by atoms with Crippen LogP contribution in [-0.4, -0.2) is 43.6 Å². The van der Waals surface area contributed by atoms with E-state index in [-0.39, 0.29) is 23.7 Å². The number of carbonyl (C=O) groups excluding carboxylic acids is 1. The van der Waals surface area contributed by atoms with Crippen molar-refractivity contribution in [3.63, 3.8) is 0 Å². The van der Waals surface area contributed by atoms with Crippen LogP contribution in [0.1, 0.15) is 80.4 Å². The predicted octanol–water partition coefficient (Wildman–Crippen LogP) is 6.64. The van der Waals surface area contributed by atoms with Gasteiger partial charge >= 0.3 is 0 Å². The lowest BCUT2D eigenvalue weighted by atomic mass is 9.63. The molecule has 38 heavy (non-hydrogen) atoms. The molecule has 2 aliphatic heterocycles. The molecule has 0 aromatic heterocycles. The van der Waals surface area contributed by atoms with E-state index in [9.17, 15) is 4.79 Å². The van der Waals surface area contributed by atoms with Gasteiger partial charge in [-0.2, -0.15) is 0 Å². The third-order valence-corrected chi connectivity index (χ3v) is 10.5. The maximum absolute atomic E-state index is 15.7. The van der Waals surface area contributed by atoms with Crippen molar-refractivity contribution < 1.29 is 13.9 Å². The van der Waals surface area contributed by atoms with Gasteiger partial charge < -0.3 is 15.0 Å². The highest BCUT2D eigenvalue weighted by molar-refractivity contribution is 6.32. The van der Waals surface area contributed by atoms with Crippen molar-refractivity contribution in [1.29, 1.82) is 0 Å². The van der Waals surface area contributed by atoms with Crippen LogP contribution in [0.15, 0.2) is 36.4 Å². The van der Waals surface area contributed by atoms with Crippen LogP contribution in [-0.2, 0) is 16.6 Å². The molecule has 6 rings (SSSR count). The number of methoxy groups -OCH3 is 1. The molecule has 6 heteroatoms. The van der Waals surface area contributed by atoms with Gasteiger partial charge in [-0.1, -0.05) is 61.2 Å². The van der Waals surface area contributed by atoms with Crippen LogP contribution in [0.25, 0.3) is 0 Å². The highest BCUT2D eigenvalue weighted by atomic mass is 35.5. The van der Waals surface area contributed by atoms with Crippen LogP contribution in [0.2, 0.25) is 5.02 Å². The highest BCUT2D eigenvalue weighted by Gasteiger charge is 2.54. The number of carbonyl (C=O) groups is 1. The summed E-state index contributed by atoms with van der Waals surface area (Å²) < 4.78 is 21.4. The lowest BCUT2D eigenvalue weighted by molar-refractivity contribution is -0.143. The number of rotatable bonds is 4. The second-order valence-electron chi connectivity index (χ2n) is 12.0. The fourth-order valence-electron chi connectivity index (χ4n) is 8.43. The molecule has 1 N–H and O–H groups in total. The number of likely N-dealkylation sites (tertiary alicyclic amines) is 1. The van der Waals surface area contributed by atoms with E-state index in [1.165, 1.54) is 43.7 Å². The fraction of sp³-hybridized carbons (Fsp3) is 0.594. The number of piperidine rings is 1. The number of halogens is 2. The standard InChI is InChI=1S/C32H40ClFN2O2/c1-38-30-24-13-8-15-32(29(24)27(34)18-26(30)33)20-35-19-25(32)31(37)36-16-14-23(21-9-4-2-5-10-21)17-28(36)22-11-6-3-7-12-22/h2,4-5,9-10,18,22-23,25,28,35H,3,6-8,11-17,19-20H2,1H3. The Hall–Kier alpha value is -2.11. The zero-order valence-corrected chi connectivity index (χ0v) is 23.2. The van der Waals surface area contributed by atoms with Gasteiger partial charge in [0.25, 0.3) is 0 Å². The SMILES string of the molecule is COc1c(Cl)cc(F)c2c1CCCC21CNCC1C(=O)N1CCC(c2ccccc2)CC1C1CCCCC1. The van der Waals surface area contributed by atoms with Gasteiger partial charge in [-0.05, 0) is 68.4 Å². The van der Waals surface area contributed by atoms with Gasteiger partial charge in [0.15, 0.2) is 0 Å². The molecule has 1 saturated carbocycles. The minimum atomic E-state index is -0.556. The van der Waals surface area contributed by atoms with Crippen LogP contribution >= 0.6 is 11.6 Å². The number of hydrogen-bond acceptors (Lipinski definition) is 3. The molecule has 2 aromatic rings. The summed E-state index contributed by atoms with van der Waals surface area (Å²) in [5, 5.41) is 3.83. The Morgan fingerprint density at radius 1 is 1.13 bits per heavy atom. The number of benzene rings is 2. The molecule has 2 aliphatic carbocycles. The molecule has 1 amide bonds. The lowest BCUT2D eigenvalue weighted by Crippen LogP contribution is -2.55. The first kappa shape index (κ1) is 26.1. The molecule has 2 aromatic carbocycles. The molecular weight excluding hydrogens is 499 g/mol. The van der Waals surface area contributed by atoms with E-state index in [4.69, 9.17) is 16.3 Å². The summed E-state index contributed by atoms with van der Waals surface area (Å²) in [4.78, 5) is 16.9. The second-order valence-corrected chi connectivity index (χ2v) is 12.5. The molecule has 4 atom stereocenters. The maximum Gasteiger partial charge on any atom is 0.228 e. The summed E-state index contributed by atoms with van der Waals surface area (Å²) in [6, 6.07) is 12.5. The molecule has 2 saturated heterocycles. The fourth-order valence-corrected chi connectivity index (χ4v) is 8.71. The Balaban J connectivity index is 1.34. The Kier molecular flexibility index (Phi) is 7.43. The monoisotopic (exact) mass is 538 g/mol. The third-order valence-electron chi connectivity index (χ3n) is 10.2. The number of nitrogens with one attached hydrogen (secondary N) is 1. The first-order chi connectivity index (χ1) is 18.5. The van der Waals surface area contributed by atoms with Crippen LogP contribution in [0.5, 0.6) is 5.75 Å². The zero-order chi connectivity index (χ0) is 26.3. The Labute approximate surface area is 231 Å². The Morgan fingerprint density at radius 3 is 2.68 bits per heavy atom. The van der Waals surface area contributed by atoms with Crippen molar-refractivity contribution >= 4 is 17.5 Å². The van der Waals surface area contributed by atoms with E-state index in [1.54, 1.807) is 7.11 Å². The van der Waals surface area contributed by atoms with Crippen molar-refractivity contribution in [2.24, 2.45) is 11.8 Å². The summed E-state index contributed by atoms with van der Waals surface area (Å²) in [6.45, 7) is 2.00. The topological polar surface area (TPSA) is 41.6 Å². The maximum atomic E-state index is 15.7. The van der Waals surface area contributed by atoms with E-state index in [2.05, 4.69) is 40.5 Å². The average molecular weight is 539 g/mol. The predicted molar refractivity (Wildman–Crippen MR) is 149 cm³/mol. The Bertz CT molecular complexity index is 1170. The molecular formula is C32H40ClFN2O2. The molecule has 1 spiro atoms. The summed E-state index contributed by atoms with van der Waals surface area (Å²) >= 11 is 6.40. The van der Waals surface area contributed by atoms with Crippen LogP contribution in [0.4, 0.5) is 4.39 Å². The number of fused-ring (bicyclic) bond motifs is 2. The molecule has 4 nitrogen and oxygen atoms in total. The molecule has 0 bridgehead atoms. The van der Waals surface area contributed by atoms with Crippen molar-refractivity contribution in [1.82, 2.24) is 10.2 Å². The molecule has 0 radical (unpaired) electrons. The summed E-state index contributed by atoms with van der Waals surface area (Å²) in [5.74, 6) is 1.27. The molecule has 4 unspecified atom stereocenters. The van der Waals surface area contributed by atoms with E-state index >= 15 is 4.39 Å². The zero-order valence-electron chi connectivity index (χ0n) is 22.5. The average Bonchev–Trinajstić information content (AvgIpc) is 3.36. The minimum Gasteiger partial charge on any atom is -0.495 e. The van der Waals surface area contributed by atoms with Gasteiger partial charge in [0.05, 0.1) is 18.1 Å². The van der Waals surface area contributed by atoms with Gasteiger partial charge in [0.2, 0.25) is 5.91 Å². The lowest BCUT2D eigenvalue weighted by Gasteiger charge is -2.48. The van der Waals surface area contributed by atoms with E-state index < -0.39 is 5.41 Å². The van der Waals surface area contributed by atoms with Crippen molar-refractivity contribution in [2.45, 2.75) is 81.6 Å². The van der Waals surface area contributed by atoms with Crippen LogP contribution < -0.4 is 10.1 Å². The second kappa shape index (κ2) is 10.8. The molecule has 2 heterocycles. The number of ether oxygens (including phenoxy) is 1. The molecule has 4 aliphatic rings. The van der Waals surface area contributed by atoms with Crippen molar-refractivity contribution in [3.05, 3.63) is 63.9 Å². The van der Waals surface area contributed by atoms with E-state index in [0.717, 1.165) is 44.2 Å². The van der Waals surface area contributed by atoms with Gasteiger partial charge in [-0.15, -0.1) is 0 Å². The first-order valence-electron chi connectivity index (χ1n) is 14.6. The highest BCUT2D eigenvalue weighted by Crippen LogP contribution is 2.51. The minimum absolute atomic E-state index is 0.221. The molecule has 204 valence electrons. The van der Waals surface area contributed by atoms with Gasteiger partial charge in [-0.25, -0.2) is 4.39 Å². The first-order valence-corrected chi connectivity index (χ1v) is 15.0. The molecule has 3 fully saturated rings. The van der Waals surface area contributed by atoms with Crippen molar-refractivity contribution in [3.8, 4) is 5.75 Å². The number of hydrogen-bond donors (Lipinski definition) is 1. The van der Waals surface area contributed by atoms with E-state index in [1.807, 2.05) is 0 Å². The quantitative estimate of drug-likeness (QED) is 0.474. The van der Waals surface area contributed by atoms with Crippen molar-refractivity contribution in [2.75, 3.05) is 26.7 Å². The number of amides is 1. The summed E-state index contributed by atoms with van der Waals surface area (Å²) in [6.07, 6.45) is 10.7. The van der Waals surface area contributed by atoms with Gasteiger partial charge in [0.1, 0.15) is 11.6 Å². The number of nitrogens with zero attached hydrogens (tertiary/aromatic N) is 1. The van der Waals surface area contributed by atoms with Gasteiger partial charge in [0, 0.05) is 42.2 Å². The smallest absolute Gasteiger partial charge is 0.228 e. The van der Waals surface area contributed by atoms with E-state index in [0.29, 0.717) is 41.3 Å². The largest absolute Gasteiger partial charge is 0.495 e.